The van der Waals surface area contributed by atoms with E-state index in [0.29, 0.717) is 0 Å². The lowest BCUT2D eigenvalue weighted by Crippen LogP contribution is -2.41. The molecule has 2 aromatic rings. The maximum Gasteiger partial charge on any atom is 0.223 e. The van der Waals surface area contributed by atoms with Crippen LogP contribution in [0.2, 0.25) is 0 Å². The Bertz CT molecular complexity index is 829. The van der Waals surface area contributed by atoms with Crippen LogP contribution in [0.25, 0.3) is 0 Å². The monoisotopic (exact) mass is 397 g/mol. The summed E-state index contributed by atoms with van der Waals surface area (Å²) in [5.74, 6) is 1.74. The Balaban J connectivity index is 1.31. The fraction of sp³-hybridized carbons (Fsp3) is 0.500. The van der Waals surface area contributed by atoms with E-state index in [-0.39, 0.29) is 23.7 Å². The normalized spacial score (nSPS) is 18.7. The number of nitrogens with zero attached hydrogens (tertiary/aromatic N) is 4. The van der Waals surface area contributed by atoms with Crippen molar-refractivity contribution in [1.29, 1.82) is 0 Å². The topological polar surface area (TPSA) is 61.4 Å². The molecule has 4 rings (SSSR count). The van der Waals surface area contributed by atoms with Crippen LogP contribution in [0.5, 0.6) is 0 Å². The van der Waals surface area contributed by atoms with Crippen LogP contribution in [-0.2, 0) is 4.79 Å². The van der Waals surface area contributed by atoms with E-state index < -0.39 is 0 Å². The highest BCUT2D eigenvalue weighted by Crippen LogP contribution is 2.26. The average Bonchev–Trinajstić information content (AvgIpc) is 3.29. The quantitative estimate of drug-likeness (QED) is 0.839. The molecule has 1 atom stereocenters. The molecule has 6 nitrogen and oxygen atoms in total. The highest BCUT2D eigenvalue weighted by Gasteiger charge is 2.27. The smallest absolute Gasteiger partial charge is 0.223 e. The first kappa shape index (κ1) is 19.6. The minimum absolute atomic E-state index is 0.00552. The van der Waals surface area contributed by atoms with Gasteiger partial charge in [-0.3, -0.25) is 4.79 Å². The van der Waals surface area contributed by atoms with Gasteiger partial charge in [0.25, 0.3) is 0 Å². The molecule has 2 aliphatic rings. The molecule has 1 unspecified atom stereocenters. The summed E-state index contributed by atoms with van der Waals surface area (Å²) < 4.78 is 13.1. The fourth-order valence-electron chi connectivity index (χ4n) is 4.17. The zero-order valence-electron chi connectivity index (χ0n) is 16.9. The number of nitrogens with one attached hydrogen (secondary N) is 1. The zero-order chi connectivity index (χ0) is 20.2. The average molecular weight is 397 g/mol. The summed E-state index contributed by atoms with van der Waals surface area (Å²) in [5.41, 5.74) is 0.910. The predicted octanol–water partition coefficient (Wildman–Crippen LogP) is 3.31. The van der Waals surface area contributed by atoms with Crippen LogP contribution >= 0.6 is 0 Å². The minimum atomic E-state index is -0.266. The van der Waals surface area contributed by atoms with Crippen LogP contribution in [0.15, 0.2) is 36.7 Å². The van der Waals surface area contributed by atoms with E-state index in [2.05, 4.69) is 31.2 Å². The number of halogens is 1. The summed E-state index contributed by atoms with van der Waals surface area (Å²) in [5, 5.41) is 3.07. The number of carbonyl (C=O) groups is 1. The molecule has 154 valence electrons. The number of hydrogen-bond acceptors (Lipinski definition) is 5. The van der Waals surface area contributed by atoms with E-state index in [9.17, 15) is 9.18 Å². The van der Waals surface area contributed by atoms with E-state index in [1.54, 1.807) is 18.5 Å². The lowest BCUT2D eigenvalue weighted by atomic mass is 9.95. The second-order valence-corrected chi connectivity index (χ2v) is 7.97. The number of piperidine rings is 1. The predicted molar refractivity (Wildman–Crippen MR) is 111 cm³/mol. The molecule has 2 saturated heterocycles. The Labute approximate surface area is 171 Å². The molecular formula is C22H28FN5O. The largest absolute Gasteiger partial charge is 0.356 e. The molecular weight excluding hydrogens is 369 g/mol. The Hall–Kier alpha value is -2.70. The molecule has 2 fully saturated rings. The van der Waals surface area contributed by atoms with Crippen molar-refractivity contribution in [3.63, 3.8) is 0 Å². The molecule has 0 radical (unpaired) electrons. The second-order valence-electron chi connectivity index (χ2n) is 7.97. The van der Waals surface area contributed by atoms with Crippen LogP contribution in [0.3, 0.4) is 0 Å². The molecule has 7 heteroatoms. The van der Waals surface area contributed by atoms with Gasteiger partial charge in [-0.1, -0.05) is 12.1 Å². The summed E-state index contributed by atoms with van der Waals surface area (Å²) in [4.78, 5) is 26.1. The van der Waals surface area contributed by atoms with E-state index in [4.69, 9.17) is 0 Å². The van der Waals surface area contributed by atoms with Gasteiger partial charge in [0.2, 0.25) is 5.91 Å². The lowest BCUT2D eigenvalue weighted by Gasteiger charge is -2.33. The van der Waals surface area contributed by atoms with E-state index >= 15 is 0 Å². The van der Waals surface area contributed by atoms with Crippen molar-refractivity contribution in [2.24, 2.45) is 5.92 Å². The third-order valence-corrected chi connectivity index (χ3v) is 5.99. The van der Waals surface area contributed by atoms with Crippen molar-refractivity contribution in [2.45, 2.75) is 38.6 Å². The maximum absolute atomic E-state index is 13.1. The Morgan fingerprint density at radius 2 is 1.62 bits per heavy atom. The summed E-state index contributed by atoms with van der Waals surface area (Å²) in [6, 6.07) is 8.23. The van der Waals surface area contributed by atoms with Gasteiger partial charge in [-0.2, -0.15) is 0 Å². The van der Waals surface area contributed by atoms with Gasteiger partial charge in [-0.15, -0.1) is 0 Å². The van der Waals surface area contributed by atoms with Gasteiger partial charge in [-0.05, 0) is 50.3 Å². The summed E-state index contributed by atoms with van der Waals surface area (Å²) in [6.07, 6.45) is 5.68. The Kier molecular flexibility index (Phi) is 5.92. The summed E-state index contributed by atoms with van der Waals surface area (Å²) in [6.45, 7) is 5.66. The number of carbonyl (C=O) groups excluding carboxylic acids is 1. The third kappa shape index (κ3) is 4.66. The van der Waals surface area contributed by atoms with Crippen molar-refractivity contribution in [3.8, 4) is 0 Å². The molecule has 0 bridgehead atoms. The Morgan fingerprint density at radius 1 is 1.03 bits per heavy atom. The van der Waals surface area contributed by atoms with Gasteiger partial charge < -0.3 is 15.1 Å². The number of benzene rings is 1. The molecule has 2 aliphatic heterocycles. The van der Waals surface area contributed by atoms with Gasteiger partial charge in [-0.25, -0.2) is 14.4 Å². The second kappa shape index (κ2) is 8.76. The highest BCUT2D eigenvalue weighted by atomic mass is 19.1. The molecule has 1 amide bonds. The van der Waals surface area contributed by atoms with Gasteiger partial charge in [0.15, 0.2) is 0 Å². The van der Waals surface area contributed by atoms with E-state index in [1.165, 1.54) is 25.0 Å². The molecule has 1 aromatic heterocycles. The number of anilines is 2. The molecule has 1 aromatic carbocycles. The molecule has 29 heavy (non-hydrogen) atoms. The fourth-order valence-corrected chi connectivity index (χ4v) is 4.17. The number of rotatable bonds is 5. The summed E-state index contributed by atoms with van der Waals surface area (Å²) in [7, 11) is 0. The molecule has 0 spiro atoms. The van der Waals surface area contributed by atoms with Crippen molar-refractivity contribution >= 4 is 17.5 Å². The van der Waals surface area contributed by atoms with Crippen molar-refractivity contribution in [2.75, 3.05) is 36.0 Å². The first-order chi connectivity index (χ1) is 14.1. The molecule has 0 saturated carbocycles. The van der Waals surface area contributed by atoms with Gasteiger partial charge >= 0.3 is 0 Å². The summed E-state index contributed by atoms with van der Waals surface area (Å²) >= 11 is 0. The van der Waals surface area contributed by atoms with Crippen LogP contribution in [0.1, 0.15) is 44.2 Å². The minimum Gasteiger partial charge on any atom is -0.356 e. The Morgan fingerprint density at radius 3 is 2.24 bits per heavy atom. The van der Waals surface area contributed by atoms with Crippen LogP contribution in [0.4, 0.5) is 16.0 Å². The molecule has 0 aliphatic carbocycles. The van der Waals surface area contributed by atoms with E-state index in [0.717, 1.165) is 56.2 Å². The van der Waals surface area contributed by atoms with Crippen molar-refractivity contribution < 1.29 is 9.18 Å². The van der Waals surface area contributed by atoms with Crippen molar-refractivity contribution in [1.82, 2.24) is 15.3 Å². The number of aromatic nitrogens is 2. The third-order valence-electron chi connectivity index (χ3n) is 5.99. The van der Waals surface area contributed by atoms with Crippen LogP contribution in [-0.4, -0.2) is 42.1 Å². The van der Waals surface area contributed by atoms with Gasteiger partial charge in [0.1, 0.15) is 23.8 Å². The first-order valence-electron chi connectivity index (χ1n) is 10.5. The standard InChI is InChI=1S/C22H28FN5O/c1-16(17-4-6-19(23)7-5-17)26-22(29)18-8-12-28(13-9-18)21-14-20(24-15-25-21)27-10-2-3-11-27/h4-7,14-16,18H,2-3,8-13H2,1H3,(H,26,29). The van der Waals surface area contributed by atoms with Crippen molar-refractivity contribution in [3.05, 3.63) is 48.0 Å². The molecule has 3 heterocycles. The highest BCUT2D eigenvalue weighted by molar-refractivity contribution is 5.79. The SMILES string of the molecule is CC(NC(=O)C1CCN(c2cc(N3CCCC3)ncn2)CC1)c1ccc(F)cc1. The lowest BCUT2D eigenvalue weighted by molar-refractivity contribution is -0.126. The zero-order valence-corrected chi connectivity index (χ0v) is 16.9. The number of hydrogen-bond donors (Lipinski definition) is 1. The molecule has 1 N–H and O–H groups in total. The van der Waals surface area contributed by atoms with Gasteiger partial charge in [0, 0.05) is 38.2 Å². The van der Waals surface area contributed by atoms with Crippen LogP contribution < -0.4 is 15.1 Å². The van der Waals surface area contributed by atoms with Crippen LogP contribution in [0, 0.1) is 11.7 Å². The number of amides is 1. The van der Waals surface area contributed by atoms with E-state index in [1.807, 2.05) is 6.92 Å². The van der Waals surface area contributed by atoms with Gasteiger partial charge in [0.05, 0.1) is 6.04 Å². The maximum atomic E-state index is 13.1. The first-order valence-corrected chi connectivity index (χ1v) is 10.5.